The van der Waals surface area contributed by atoms with Gasteiger partial charge in [0.15, 0.2) is 0 Å². The largest absolute Gasteiger partial charge is 0.468 e. The minimum Gasteiger partial charge on any atom is -0.468 e. The SMILES string of the molecule is CCCNC(Cn1cc(-c2ccccc2)cn1)C(=O)OC. The fourth-order valence-corrected chi connectivity index (χ4v) is 2.11. The molecule has 112 valence electrons. The van der Waals surface area contributed by atoms with E-state index in [0.717, 1.165) is 24.1 Å². The summed E-state index contributed by atoms with van der Waals surface area (Å²) in [6, 6.07) is 9.66. The highest BCUT2D eigenvalue weighted by Gasteiger charge is 2.19. The Kier molecular flexibility index (Phi) is 5.51. The molecule has 0 aliphatic rings. The van der Waals surface area contributed by atoms with E-state index in [2.05, 4.69) is 17.3 Å². The third kappa shape index (κ3) is 4.16. The van der Waals surface area contributed by atoms with Gasteiger partial charge in [0.1, 0.15) is 6.04 Å². The Morgan fingerprint density at radius 2 is 2.10 bits per heavy atom. The highest BCUT2D eigenvalue weighted by atomic mass is 16.5. The molecule has 1 aromatic carbocycles. The molecule has 5 nitrogen and oxygen atoms in total. The second-order valence-electron chi connectivity index (χ2n) is 4.85. The highest BCUT2D eigenvalue weighted by Crippen LogP contribution is 2.17. The number of rotatable bonds is 7. The Labute approximate surface area is 124 Å². The number of carbonyl (C=O) groups is 1. The van der Waals surface area contributed by atoms with Crippen molar-refractivity contribution in [2.75, 3.05) is 13.7 Å². The summed E-state index contributed by atoms with van der Waals surface area (Å²) in [6.07, 6.45) is 4.71. The predicted octanol–water partition coefficient (Wildman–Crippen LogP) is 2.09. The Bertz CT molecular complexity index is 566. The number of nitrogens with one attached hydrogen (secondary N) is 1. The molecule has 0 fully saturated rings. The number of ether oxygens (including phenoxy) is 1. The molecule has 0 spiro atoms. The monoisotopic (exact) mass is 287 g/mol. The van der Waals surface area contributed by atoms with Gasteiger partial charge in [-0.25, -0.2) is 0 Å². The fourth-order valence-electron chi connectivity index (χ4n) is 2.11. The zero-order valence-corrected chi connectivity index (χ0v) is 12.5. The Morgan fingerprint density at radius 3 is 2.76 bits per heavy atom. The van der Waals surface area contributed by atoms with Gasteiger partial charge in [0.25, 0.3) is 0 Å². The molecule has 1 unspecified atom stereocenters. The molecule has 1 atom stereocenters. The molecule has 0 saturated carbocycles. The van der Waals surface area contributed by atoms with Gasteiger partial charge >= 0.3 is 5.97 Å². The molecule has 1 heterocycles. The summed E-state index contributed by atoms with van der Waals surface area (Å²) in [6.45, 7) is 3.29. The van der Waals surface area contributed by atoms with Crippen LogP contribution in [0.1, 0.15) is 13.3 Å². The summed E-state index contributed by atoms with van der Waals surface area (Å²) in [5.41, 5.74) is 2.15. The number of hydrogen-bond donors (Lipinski definition) is 1. The fraction of sp³-hybridized carbons (Fsp3) is 0.375. The molecular formula is C16H21N3O2. The molecule has 0 bridgehead atoms. The summed E-state index contributed by atoms with van der Waals surface area (Å²) in [7, 11) is 1.40. The van der Waals surface area contributed by atoms with E-state index in [0.29, 0.717) is 6.54 Å². The predicted molar refractivity (Wildman–Crippen MR) is 81.8 cm³/mol. The Hall–Kier alpha value is -2.14. The van der Waals surface area contributed by atoms with Gasteiger partial charge in [0.05, 0.1) is 19.9 Å². The van der Waals surface area contributed by atoms with Crippen LogP contribution >= 0.6 is 0 Å². The first kappa shape index (κ1) is 15.3. The summed E-state index contributed by atoms with van der Waals surface area (Å²) >= 11 is 0. The van der Waals surface area contributed by atoms with Crippen LogP contribution in [0.3, 0.4) is 0 Å². The van der Waals surface area contributed by atoms with Crippen LogP contribution < -0.4 is 5.32 Å². The van der Waals surface area contributed by atoms with E-state index in [1.807, 2.05) is 42.7 Å². The number of benzene rings is 1. The van der Waals surface area contributed by atoms with Crippen molar-refractivity contribution in [3.8, 4) is 11.1 Å². The molecule has 1 N–H and O–H groups in total. The van der Waals surface area contributed by atoms with Gasteiger partial charge in [-0.15, -0.1) is 0 Å². The normalized spacial score (nSPS) is 12.1. The number of esters is 1. The van der Waals surface area contributed by atoms with Crippen molar-refractivity contribution in [1.82, 2.24) is 15.1 Å². The summed E-state index contributed by atoms with van der Waals surface area (Å²) < 4.78 is 6.60. The van der Waals surface area contributed by atoms with E-state index in [-0.39, 0.29) is 12.0 Å². The molecule has 0 aliphatic carbocycles. The van der Waals surface area contributed by atoms with Crippen LogP contribution in [0.5, 0.6) is 0 Å². The average molecular weight is 287 g/mol. The van der Waals surface area contributed by atoms with Gasteiger partial charge in [-0.3, -0.25) is 9.48 Å². The molecule has 21 heavy (non-hydrogen) atoms. The molecule has 0 amide bonds. The van der Waals surface area contributed by atoms with E-state index in [1.54, 1.807) is 4.68 Å². The molecule has 0 aliphatic heterocycles. The minimum atomic E-state index is -0.376. The molecular weight excluding hydrogens is 266 g/mol. The van der Waals surface area contributed by atoms with Gasteiger partial charge in [-0.05, 0) is 18.5 Å². The third-order valence-electron chi connectivity index (χ3n) is 3.24. The van der Waals surface area contributed by atoms with E-state index in [1.165, 1.54) is 7.11 Å². The van der Waals surface area contributed by atoms with Crippen LogP contribution in [0.15, 0.2) is 42.7 Å². The summed E-state index contributed by atoms with van der Waals surface area (Å²) in [5, 5.41) is 7.51. The third-order valence-corrected chi connectivity index (χ3v) is 3.24. The van der Waals surface area contributed by atoms with Gasteiger partial charge in [-0.1, -0.05) is 37.3 Å². The van der Waals surface area contributed by atoms with Crippen LogP contribution in [-0.2, 0) is 16.1 Å². The summed E-state index contributed by atoms with van der Waals surface area (Å²) in [5.74, 6) is -0.264. The Morgan fingerprint density at radius 1 is 1.33 bits per heavy atom. The lowest BCUT2D eigenvalue weighted by molar-refractivity contribution is -0.143. The average Bonchev–Trinajstić information content (AvgIpc) is 3.00. The van der Waals surface area contributed by atoms with Gasteiger partial charge < -0.3 is 10.1 Å². The van der Waals surface area contributed by atoms with E-state index < -0.39 is 0 Å². The second kappa shape index (κ2) is 7.59. The first-order valence-corrected chi connectivity index (χ1v) is 7.13. The Balaban J connectivity index is 2.07. The van der Waals surface area contributed by atoms with Crippen molar-refractivity contribution >= 4 is 5.97 Å². The van der Waals surface area contributed by atoms with Crippen LogP contribution in [0.4, 0.5) is 0 Å². The molecule has 0 radical (unpaired) electrons. The molecule has 5 heteroatoms. The molecule has 0 saturated heterocycles. The van der Waals surface area contributed by atoms with Crippen molar-refractivity contribution < 1.29 is 9.53 Å². The summed E-state index contributed by atoms with van der Waals surface area (Å²) in [4.78, 5) is 11.8. The second-order valence-corrected chi connectivity index (χ2v) is 4.85. The van der Waals surface area contributed by atoms with Crippen molar-refractivity contribution in [3.63, 3.8) is 0 Å². The van der Waals surface area contributed by atoms with Crippen LogP contribution in [-0.4, -0.2) is 35.4 Å². The zero-order valence-electron chi connectivity index (χ0n) is 12.5. The van der Waals surface area contributed by atoms with E-state index in [9.17, 15) is 4.79 Å². The number of carbonyl (C=O) groups excluding carboxylic acids is 1. The number of nitrogens with zero attached hydrogens (tertiary/aromatic N) is 2. The number of hydrogen-bond acceptors (Lipinski definition) is 4. The first-order chi connectivity index (χ1) is 10.2. The topological polar surface area (TPSA) is 56.2 Å². The van der Waals surface area contributed by atoms with Crippen molar-refractivity contribution in [2.24, 2.45) is 0 Å². The maximum Gasteiger partial charge on any atom is 0.324 e. The van der Waals surface area contributed by atoms with Crippen LogP contribution in [0, 0.1) is 0 Å². The standard InChI is InChI=1S/C16H21N3O2/c1-3-9-17-15(16(20)21-2)12-19-11-14(10-18-19)13-7-5-4-6-8-13/h4-8,10-11,15,17H,3,9,12H2,1-2H3. The van der Waals surface area contributed by atoms with Crippen molar-refractivity contribution in [3.05, 3.63) is 42.7 Å². The zero-order chi connectivity index (χ0) is 15.1. The minimum absolute atomic E-state index is 0.264. The molecule has 1 aromatic heterocycles. The maximum absolute atomic E-state index is 11.8. The smallest absolute Gasteiger partial charge is 0.324 e. The quantitative estimate of drug-likeness (QED) is 0.792. The van der Waals surface area contributed by atoms with Crippen molar-refractivity contribution in [1.29, 1.82) is 0 Å². The van der Waals surface area contributed by atoms with Gasteiger partial charge in [-0.2, -0.15) is 5.10 Å². The molecule has 2 aromatic rings. The van der Waals surface area contributed by atoms with Gasteiger partial charge in [0.2, 0.25) is 0 Å². The highest BCUT2D eigenvalue weighted by molar-refractivity contribution is 5.75. The van der Waals surface area contributed by atoms with E-state index in [4.69, 9.17) is 4.74 Å². The van der Waals surface area contributed by atoms with E-state index >= 15 is 0 Å². The first-order valence-electron chi connectivity index (χ1n) is 7.13. The maximum atomic E-state index is 11.8. The van der Waals surface area contributed by atoms with Gasteiger partial charge in [0, 0.05) is 11.8 Å². The lowest BCUT2D eigenvalue weighted by Gasteiger charge is -2.15. The van der Waals surface area contributed by atoms with Crippen LogP contribution in [0.25, 0.3) is 11.1 Å². The van der Waals surface area contributed by atoms with Crippen LogP contribution in [0.2, 0.25) is 0 Å². The number of methoxy groups -OCH3 is 1. The number of aromatic nitrogens is 2. The lowest BCUT2D eigenvalue weighted by Crippen LogP contribution is -2.41. The lowest BCUT2D eigenvalue weighted by atomic mass is 10.1. The van der Waals surface area contributed by atoms with Crippen molar-refractivity contribution in [2.45, 2.75) is 25.9 Å². The molecule has 2 rings (SSSR count).